The normalized spacial score (nSPS) is 19.6. The molecule has 3 aromatic rings. The number of carbonyl (C=O) groups is 3. The molecule has 9 heteroatoms. The molecule has 1 fully saturated rings. The molecule has 40 heavy (non-hydrogen) atoms. The van der Waals surface area contributed by atoms with Crippen LogP contribution < -0.4 is 16.1 Å². The van der Waals surface area contributed by atoms with E-state index in [-0.39, 0.29) is 30.1 Å². The average molecular weight is 582 g/mol. The molecular formula is C31H34Cl2N4O3. The van der Waals surface area contributed by atoms with Gasteiger partial charge in [-0.1, -0.05) is 92.5 Å². The lowest BCUT2D eigenvalue weighted by Gasteiger charge is -2.35. The molecule has 0 aliphatic carbocycles. The fraction of sp³-hybridized carbons (Fsp3) is 0.323. The number of halogens is 2. The Morgan fingerprint density at radius 3 is 2.20 bits per heavy atom. The van der Waals surface area contributed by atoms with Crippen LogP contribution >= 0.6 is 23.2 Å². The van der Waals surface area contributed by atoms with Crippen LogP contribution in [0.15, 0.2) is 78.9 Å². The summed E-state index contributed by atoms with van der Waals surface area (Å²) in [6.45, 7) is 5.86. The number of hydrazine groups is 1. The SMILES string of the molecule is CC(C)(C)CC(=O)NN1C(=O)[C@H](N(C(N)=O)c2cccc(Cl)c2)C[C@H](c2ccccc2)CC1c1ccc(Cl)cc1. The van der Waals surface area contributed by atoms with E-state index in [1.165, 1.54) is 9.91 Å². The number of nitrogens with one attached hydrogen (secondary N) is 1. The molecule has 0 aromatic heterocycles. The van der Waals surface area contributed by atoms with Gasteiger partial charge in [-0.15, -0.1) is 0 Å². The van der Waals surface area contributed by atoms with Gasteiger partial charge in [0.2, 0.25) is 5.91 Å². The summed E-state index contributed by atoms with van der Waals surface area (Å²) >= 11 is 12.4. The number of nitrogens with zero attached hydrogens (tertiary/aromatic N) is 2. The molecule has 3 N–H and O–H groups in total. The van der Waals surface area contributed by atoms with Crippen LogP contribution in [0, 0.1) is 5.41 Å². The van der Waals surface area contributed by atoms with Crippen LogP contribution in [0.3, 0.4) is 0 Å². The maximum absolute atomic E-state index is 14.5. The largest absolute Gasteiger partial charge is 0.351 e. The number of anilines is 1. The fourth-order valence-corrected chi connectivity index (χ4v) is 5.52. The Bertz CT molecular complexity index is 1360. The summed E-state index contributed by atoms with van der Waals surface area (Å²) in [6.07, 6.45) is 0.977. The van der Waals surface area contributed by atoms with Crippen molar-refractivity contribution in [3.63, 3.8) is 0 Å². The molecule has 210 valence electrons. The number of hydrogen-bond acceptors (Lipinski definition) is 3. The molecule has 1 aliphatic rings. The zero-order valence-electron chi connectivity index (χ0n) is 22.8. The van der Waals surface area contributed by atoms with Crippen LogP contribution in [0.4, 0.5) is 10.5 Å². The zero-order valence-corrected chi connectivity index (χ0v) is 24.3. The fourth-order valence-electron chi connectivity index (χ4n) is 5.21. The number of hydrogen-bond donors (Lipinski definition) is 2. The molecule has 7 nitrogen and oxygen atoms in total. The summed E-state index contributed by atoms with van der Waals surface area (Å²) in [5, 5.41) is 2.34. The van der Waals surface area contributed by atoms with Crippen molar-refractivity contribution in [2.75, 3.05) is 4.90 Å². The lowest BCUT2D eigenvalue weighted by Crippen LogP contribution is -2.57. The highest BCUT2D eigenvalue weighted by atomic mass is 35.5. The predicted molar refractivity (Wildman–Crippen MR) is 159 cm³/mol. The van der Waals surface area contributed by atoms with Crippen LogP contribution in [0.5, 0.6) is 0 Å². The van der Waals surface area contributed by atoms with E-state index in [9.17, 15) is 14.4 Å². The predicted octanol–water partition coefficient (Wildman–Crippen LogP) is 6.86. The maximum atomic E-state index is 14.5. The Labute approximate surface area is 245 Å². The van der Waals surface area contributed by atoms with E-state index < -0.39 is 24.0 Å². The van der Waals surface area contributed by atoms with Crippen LogP contribution in [-0.4, -0.2) is 28.9 Å². The molecule has 0 radical (unpaired) electrons. The Hall–Kier alpha value is -3.55. The van der Waals surface area contributed by atoms with Crippen molar-refractivity contribution >= 4 is 46.7 Å². The summed E-state index contributed by atoms with van der Waals surface area (Å²) < 4.78 is 0. The third-order valence-electron chi connectivity index (χ3n) is 6.95. The Morgan fingerprint density at radius 2 is 1.60 bits per heavy atom. The summed E-state index contributed by atoms with van der Waals surface area (Å²) in [5.41, 5.74) is 10.7. The van der Waals surface area contributed by atoms with E-state index in [1.54, 1.807) is 36.4 Å². The number of amides is 4. The standard InChI is InChI=1S/C31H34Cl2N4O3/c1-31(2,3)19-28(38)35-37-26(21-12-14-23(32)15-13-21)16-22(20-8-5-4-6-9-20)17-27(29(37)39)36(30(34)40)25-11-7-10-24(33)18-25/h4-15,18,22,26-27H,16-17,19H2,1-3H3,(H2,34,40)(H,35,38)/t22-,26?,27-/m1/s1. The quantitative estimate of drug-likeness (QED) is 0.333. The Balaban J connectivity index is 1.86. The zero-order chi connectivity index (χ0) is 29.0. The summed E-state index contributed by atoms with van der Waals surface area (Å²) in [4.78, 5) is 41.9. The van der Waals surface area contributed by atoms with Gasteiger partial charge in [-0.25, -0.2) is 9.80 Å². The monoisotopic (exact) mass is 580 g/mol. The van der Waals surface area contributed by atoms with Crippen molar-refractivity contribution in [1.29, 1.82) is 0 Å². The lowest BCUT2D eigenvalue weighted by molar-refractivity contribution is -0.145. The third kappa shape index (κ3) is 7.14. The van der Waals surface area contributed by atoms with E-state index in [0.29, 0.717) is 22.2 Å². The van der Waals surface area contributed by atoms with Crippen molar-refractivity contribution in [2.24, 2.45) is 11.1 Å². The van der Waals surface area contributed by atoms with Crippen LogP contribution in [0.2, 0.25) is 10.0 Å². The van der Waals surface area contributed by atoms with Gasteiger partial charge >= 0.3 is 6.03 Å². The third-order valence-corrected chi connectivity index (χ3v) is 7.43. The van der Waals surface area contributed by atoms with Gasteiger partial charge < -0.3 is 5.73 Å². The highest BCUT2D eigenvalue weighted by Gasteiger charge is 2.43. The molecule has 1 unspecified atom stereocenters. The molecule has 4 rings (SSSR count). The minimum Gasteiger partial charge on any atom is -0.351 e. The smallest absolute Gasteiger partial charge is 0.320 e. The lowest BCUT2D eigenvalue weighted by atomic mass is 9.86. The first-order valence-corrected chi connectivity index (χ1v) is 14.0. The molecular weight excluding hydrogens is 547 g/mol. The highest BCUT2D eigenvalue weighted by molar-refractivity contribution is 6.31. The van der Waals surface area contributed by atoms with Gasteiger partial charge in [0.25, 0.3) is 5.91 Å². The Kier molecular flexibility index (Phi) is 9.06. The van der Waals surface area contributed by atoms with Crippen molar-refractivity contribution in [3.05, 3.63) is 100 Å². The van der Waals surface area contributed by atoms with Gasteiger partial charge in [-0.2, -0.15) is 0 Å². The van der Waals surface area contributed by atoms with E-state index in [0.717, 1.165) is 11.1 Å². The van der Waals surface area contributed by atoms with E-state index in [4.69, 9.17) is 28.9 Å². The second-order valence-corrected chi connectivity index (χ2v) is 12.2. The van der Waals surface area contributed by atoms with E-state index >= 15 is 0 Å². The van der Waals surface area contributed by atoms with E-state index in [2.05, 4.69) is 5.43 Å². The number of benzene rings is 3. The van der Waals surface area contributed by atoms with Crippen LogP contribution in [-0.2, 0) is 9.59 Å². The first-order valence-electron chi connectivity index (χ1n) is 13.2. The summed E-state index contributed by atoms with van der Waals surface area (Å²) in [5.74, 6) is -0.897. The summed E-state index contributed by atoms with van der Waals surface area (Å²) in [7, 11) is 0. The minimum atomic E-state index is -1.01. The number of rotatable bonds is 6. The van der Waals surface area contributed by atoms with E-state index in [1.807, 2.05) is 63.2 Å². The molecule has 3 atom stereocenters. The van der Waals surface area contributed by atoms with Crippen molar-refractivity contribution in [2.45, 2.75) is 58.0 Å². The maximum Gasteiger partial charge on any atom is 0.320 e. The van der Waals surface area contributed by atoms with Crippen molar-refractivity contribution < 1.29 is 14.4 Å². The first kappa shape index (κ1) is 29.4. The first-order chi connectivity index (χ1) is 18.9. The topological polar surface area (TPSA) is 95.7 Å². The molecule has 0 spiro atoms. The second kappa shape index (κ2) is 12.3. The molecule has 3 aromatic carbocycles. The number of carbonyl (C=O) groups excluding carboxylic acids is 3. The molecule has 0 saturated carbocycles. The molecule has 1 saturated heterocycles. The highest BCUT2D eigenvalue weighted by Crippen LogP contribution is 2.41. The minimum absolute atomic E-state index is 0.151. The van der Waals surface area contributed by atoms with Gasteiger partial charge in [0.1, 0.15) is 6.04 Å². The number of nitrogens with two attached hydrogens (primary N) is 1. The van der Waals surface area contributed by atoms with Gasteiger partial charge in [-0.3, -0.25) is 19.9 Å². The van der Waals surface area contributed by atoms with Gasteiger partial charge in [0.05, 0.1) is 6.04 Å². The second-order valence-electron chi connectivity index (χ2n) is 11.3. The number of primary amides is 1. The van der Waals surface area contributed by atoms with Crippen LogP contribution in [0.25, 0.3) is 0 Å². The molecule has 4 amide bonds. The van der Waals surface area contributed by atoms with Gasteiger partial charge in [0.15, 0.2) is 0 Å². The molecule has 0 bridgehead atoms. The Morgan fingerprint density at radius 1 is 0.925 bits per heavy atom. The molecule has 1 heterocycles. The average Bonchev–Trinajstić information content (AvgIpc) is 3.01. The molecule has 1 aliphatic heterocycles. The van der Waals surface area contributed by atoms with Crippen LogP contribution in [0.1, 0.15) is 63.1 Å². The van der Waals surface area contributed by atoms with Gasteiger partial charge in [0, 0.05) is 22.2 Å². The van der Waals surface area contributed by atoms with Crippen molar-refractivity contribution in [1.82, 2.24) is 10.4 Å². The summed E-state index contributed by atoms with van der Waals surface area (Å²) in [6, 6.07) is 21.4. The van der Waals surface area contributed by atoms with Crippen molar-refractivity contribution in [3.8, 4) is 0 Å². The number of urea groups is 1. The van der Waals surface area contributed by atoms with Gasteiger partial charge in [-0.05, 0) is 65.6 Å².